The molecule has 5 nitrogen and oxygen atoms in total. The van der Waals surface area contributed by atoms with Gasteiger partial charge in [0.15, 0.2) is 0 Å². The summed E-state index contributed by atoms with van der Waals surface area (Å²) in [4.78, 5) is 24.8. The van der Waals surface area contributed by atoms with Crippen molar-refractivity contribution in [2.45, 2.75) is 12.8 Å². The molecule has 1 fully saturated rings. The molecule has 1 aromatic rings. The number of nitrogens with one attached hydrogen (secondary N) is 1. The lowest BCUT2D eigenvalue weighted by Gasteiger charge is -2.15. The summed E-state index contributed by atoms with van der Waals surface area (Å²) in [7, 11) is 0. The highest BCUT2D eigenvalue weighted by Crippen LogP contribution is 2.18. The van der Waals surface area contributed by atoms with E-state index in [0.29, 0.717) is 18.9 Å². The second-order valence-electron chi connectivity index (χ2n) is 4.97. The number of likely N-dealkylation sites (tertiary alicyclic amines) is 1. The lowest BCUT2D eigenvalue weighted by atomic mass is 10.1. The zero-order valence-electron chi connectivity index (χ0n) is 10.8. The minimum absolute atomic E-state index is 0.0223. The molecule has 0 bridgehead atoms. The zero-order valence-corrected chi connectivity index (χ0v) is 10.8. The molecule has 2 amide bonds. The van der Waals surface area contributed by atoms with Crippen molar-refractivity contribution in [3.05, 3.63) is 30.3 Å². The molecule has 0 aliphatic carbocycles. The number of hydrogen-bond acceptors (Lipinski definition) is 3. The van der Waals surface area contributed by atoms with Crippen LogP contribution in [0, 0.1) is 5.92 Å². The number of carbonyl (C=O) groups excluding carboxylic acids is 2. The number of hydrogen-bond donors (Lipinski definition) is 2. The molecule has 0 radical (unpaired) electrons. The number of benzene rings is 1. The van der Waals surface area contributed by atoms with Crippen LogP contribution >= 0.6 is 0 Å². The van der Waals surface area contributed by atoms with Crippen molar-refractivity contribution in [3.8, 4) is 0 Å². The lowest BCUT2D eigenvalue weighted by molar-refractivity contribution is -0.118. The van der Waals surface area contributed by atoms with Crippen LogP contribution in [0.1, 0.15) is 12.8 Å². The van der Waals surface area contributed by atoms with Crippen LogP contribution in [0.3, 0.4) is 0 Å². The molecular weight excluding hydrogens is 242 g/mol. The van der Waals surface area contributed by atoms with E-state index in [1.54, 1.807) is 0 Å². The highest BCUT2D eigenvalue weighted by molar-refractivity contribution is 5.92. The Kier molecular flexibility index (Phi) is 4.52. The normalized spacial score (nSPS) is 19.3. The smallest absolute Gasteiger partial charge is 0.238 e. The molecule has 1 unspecified atom stereocenters. The number of carbonyl (C=O) groups is 2. The summed E-state index contributed by atoms with van der Waals surface area (Å²) in [5, 5.41) is 2.85. The Balaban J connectivity index is 1.76. The largest absolute Gasteiger partial charge is 0.370 e. The molecule has 0 spiro atoms. The fraction of sp³-hybridized carbons (Fsp3) is 0.429. The number of nitrogens with two attached hydrogens (primary N) is 1. The highest BCUT2D eigenvalue weighted by Gasteiger charge is 2.25. The second-order valence-corrected chi connectivity index (χ2v) is 4.97. The standard InChI is InChI=1S/C14H19N3O2/c15-13(18)8-11-6-7-17(9-11)10-14(19)16-12-4-2-1-3-5-12/h1-5,11H,6-10H2,(H2,15,18)(H,16,19). The first-order chi connectivity index (χ1) is 9.13. The van der Waals surface area contributed by atoms with Crippen LogP contribution in [0.4, 0.5) is 5.69 Å². The van der Waals surface area contributed by atoms with Gasteiger partial charge >= 0.3 is 0 Å². The van der Waals surface area contributed by atoms with Crippen LogP contribution in [0.2, 0.25) is 0 Å². The minimum atomic E-state index is -0.263. The maximum Gasteiger partial charge on any atom is 0.238 e. The van der Waals surface area contributed by atoms with Gasteiger partial charge in [-0.1, -0.05) is 18.2 Å². The topological polar surface area (TPSA) is 75.4 Å². The first kappa shape index (κ1) is 13.5. The van der Waals surface area contributed by atoms with Gasteiger partial charge in [-0.25, -0.2) is 0 Å². The van der Waals surface area contributed by atoms with Gasteiger partial charge in [0.05, 0.1) is 6.54 Å². The van der Waals surface area contributed by atoms with Crippen LogP contribution < -0.4 is 11.1 Å². The molecule has 1 saturated heterocycles. The number of para-hydroxylation sites is 1. The highest BCUT2D eigenvalue weighted by atomic mass is 16.2. The van der Waals surface area contributed by atoms with E-state index in [1.165, 1.54) is 0 Å². The number of anilines is 1. The third kappa shape index (κ3) is 4.37. The Morgan fingerprint density at radius 1 is 1.32 bits per heavy atom. The quantitative estimate of drug-likeness (QED) is 0.824. The summed E-state index contributed by atoms with van der Waals surface area (Å²) in [5.74, 6) is 0.00790. The van der Waals surface area contributed by atoms with Crippen molar-refractivity contribution in [1.82, 2.24) is 4.90 Å². The number of nitrogens with zero attached hydrogens (tertiary/aromatic N) is 1. The summed E-state index contributed by atoms with van der Waals surface area (Å²) in [6, 6.07) is 9.39. The lowest BCUT2D eigenvalue weighted by Crippen LogP contribution is -2.32. The Labute approximate surface area is 112 Å². The molecule has 0 saturated carbocycles. The van der Waals surface area contributed by atoms with Crippen molar-refractivity contribution >= 4 is 17.5 Å². The Hall–Kier alpha value is -1.88. The molecule has 3 N–H and O–H groups in total. The minimum Gasteiger partial charge on any atom is -0.370 e. The number of primary amides is 1. The third-order valence-corrected chi connectivity index (χ3v) is 3.28. The van der Waals surface area contributed by atoms with E-state index in [-0.39, 0.29) is 11.8 Å². The van der Waals surface area contributed by atoms with Gasteiger partial charge in [-0.05, 0) is 31.0 Å². The molecular formula is C14H19N3O2. The van der Waals surface area contributed by atoms with Gasteiger partial charge < -0.3 is 11.1 Å². The summed E-state index contributed by atoms with van der Waals surface area (Å²) in [6.45, 7) is 1.98. The molecule has 2 rings (SSSR count). The van der Waals surface area contributed by atoms with Gasteiger partial charge in [-0.15, -0.1) is 0 Å². The van der Waals surface area contributed by atoms with E-state index >= 15 is 0 Å². The molecule has 5 heteroatoms. The van der Waals surface area contributed by atoms with E-state index in [0.717, 1.165) is 25.2 Å². The fourth-order valence-electron chi connectivity index (χ4n) is 2.43. The van der Waals surface area contributed by atoms with Crippen LogP contribution in [-0.4, -0.2) is 36.3 Å². The van der Waals surface area contributed by atoms with Gasteiger partial charge in [-0.2, -0.15) is 0 Å². The van der Waals surface area contributed by atoms with E-state index < -0.39 is 0 Å². The molecule has 1 heterocycles. The van der Waals surface area contributed by atoms with Crippen LogP contribution in [0.15, 0.2) is 30.3 Å². The predicted molar refractivity (Wildman–Crippen MR) is 73.4 cm³/mol. The molecule has 0 aromatic heterocycles. The molecule has 102 valence electrons. The Morgan fingerprint density at radius 3 is 2.74 bits per heavy atom. The van der Waals surface area contributed by atoms with Crippen LogP contribution in [0.5, 0.6) is 0 Å². The van der Waals surface area contributed by atoms with Gasteiger partial charge in [0.1, 0.15) is 0 Å². The predicted octanol–water partition coefficient (Wildman–Crippen LogP) is 0.822. The van der Waals surface area contributed by atoms with Crippen LogP contribution in [0.25, 0.3) is 0 Å². The van der Waals surface area contributed by atoms with E-state index in [1.807, 2.05) is 30.3 Å². The van der Waals surface area contributed by atoms with Crippen molar-refractivity contribution in [3.63, 3.8) is 0 Å². The van der Waals surface area contributed by atoms with Gasteiger partial charge in [0, 0.05) is 18.7 Å². The van der Waals surface area contributed by atoms with Crippen molar-refractivity contribution < 1.29 is 9.59 Å². The summed E-state index contributed by atoms with van der Waals surface area (Å²) < 4.78 is 0. The third-order valence-electron chi connectivity index (χ3n) is 3.28. The number of amides is 2. The molecule has 1 aliphatic heterocycles. The first-order valence-corrected chi connectivity index (χ1v) is 6.49. The van der Waals surface area contributed by atoms with Gasteiger partial charge in [-0.3, -0.25) is 14.5 Å². The van der Waals surface area contributed by atoms with Crippen molar-refractivity contribution in [2.75, 3.05) is 25.0 Å². The summed E-state index contributed by atoms with van der Waals surface area (Å²) in [5.41, 5.74) is 5.99. The van der Waals surface area contributed by atoms with E-state index in [4.69, 9.17) is 5.73 Å². The van der Waals surface area contributed by atoms with Crippen molar-refractivity contribution in [2.24, 2.45) is 11.7 Å². The molecule has 1 aliphatic rings. The molecule has 1 aromatic carbocycles. The van der Waals surface area contributed by atoms with Crippen molar-refractivity contribution in [1.29, 1.82) is 0 Å². The second kappa shape index (κ2) is 6.33. The van der Waals surface area contributed by atoms with E-state index in [9.17, 15) is 9.59 Å². The first-order valence-electron chi connectivity index (χ1n) is 6.49. The number of rotatable bonds is 5. The summed E-state index contributed by atoms with van der Waals surface area (Å²) >= 11 is 0. The van der Waals surface area contributed by atoms with Gasteiger partial charge in [0.25, 0.3) is 0 Å². The average molecular weight is 261 g/mol. The van der Waals surface area contributed by atoms with E-state index in [2.05, 4.69) is 10.2 Å². The van der Waals surface area contributed by atoms with Gasteiger partial charge in [0.2, 0.25) is 11.8 Å². The molecule has 19 heavy (non-hydrogen) atoms. The fourth-order valence-corrected chi connectivity index (χ4v) is 2.43. The Morgan fingerprint density at radius 2 is 2.05 bits per heavy atom. The van der Waals surface area contributed by atoms with Crippen LogP contribution in [-0.2, 0) is 9.59 Å². The average Bonchev–Trinajstić information content (AvgIpc) is 2.76. The monoisotopic (exact) mass is 261 g/mol. The Bertz CT molecular complexity index is 447. The summed E-state index contributed by atoms with van der Waals surface area (Å²) in [6.07, 6.45) is 1.35. The maximum absolute atomic E-state index is 11.9. The maximum atomic E-state index is 11.9. The zero-order chi connectivity index (χ0) is 13.7. The SMILES string of the molecule is NC(=O)CC1CCN(CC(=O)Nc2ccccc2)C1. The molecule has 1 atom stereocenters.